The van der Waals surface area contributed by atoms with Crippen molar-refractivity contribution < 1.29 is 29.7 Å². The molecule has 0 saturated heterocycles. The highest BCUT2D eigenvalue weighted by Crippen LogP contribution is 2.58. The molecule has 2 fully saturated rings. The summed E-state index contributed by atoms with van der Waals surface area (Å²) in [6.07, 6.45) is 7.84. The molecule has 2 aliphatic rings. The van der Waals surface area contributed by atoms with Crippen LogP contribution in [0.2, 0.25) is 0 Å². The molecule has 2 aliphatic carbocycles. The maximum absolute atomic E-state index is 14.9. The minimum absolute atomic E-state index is 0.0124. The predicted molar refractivity (Wildman–Crippen MR) is 176 cm³/mol. The highest BCUT2D eigenvalue weighted by Gasteiger charge is 2.65. The summed E-state index contributed by atoms with van der Waals surface area (Å²) >= 11 is 0. The Morgan fingerprint density at radius 3 is 2.09 bits per heavy atom. The zero-order chi connectivity index (χ0) is 33.3. The number of Topliss-reactive ketones (excluding diaryl/α,β-unsaturated/α-hetero) is 3. The van der Waals surface area contributed by atoms with Gasteiger partial charge in [-0.2, -0.15) is 0 Å². The molecule has 0 heterocycles. The van der Waals surface area contributed by atoms with Gasteiger partial charge in [0.15, 0.2) is 28.8 Å². The van der Waals surface area contributed by atoms with E-state index < -0.39 is 57.1 Å². The summed E-state index contributed by atoms with van der Waals surface area (Å²) in [5, 5.41) is 31.6. The molecule has 0 aliphatic heterocycles. The first-order valence-corrected chi connectivity index (χ1v) is 15.5. The number of phenolic OH excluding ortho intramolecular Hbond substituents is 2. The molecule has 0 aromatic heterocycles. The van der Waals surface area contributed by atoms with Crippen LogP contribution in [0.4, 0.5) is 0 Å². The van der Waals surface area contributed by atoms with Crippen LogP contribution in [-0.2, 0) is 14.4 Å². The Morgan fingerprint density at radius 1 is 0.955 bits per heavy atom. The van der Waals surface area contributed by atoms with E-state index in [1.165, 1.54) is 12.1 Å². The van der Waals surface area contributed by atoms with Gasteiger partial charge in [-0.1, -0.05) is 60.9 Å². The zero-order valence-corrected chi connectivity index (χ0v) is 27.9. The smallest absolute Gasteiger partial charge is 0.183 e. The number of rotatable bonds is 9. The van der Waals surface area contributed by atoms with E-state index >= 15 is 0 Å². The molecule has 44 heavy (non-hydrogen) atoms. The largest absolute Gasteiger partial charge is 0.506 e. The van der Waals surface area contributed by atoms with Gasteiger partial charge in [0.05, 0.1) is 11.3 Å². The number of hydrogen-bond donors (Lipinski definition) is 3. The van der Waals surface area contributed by atoms with Crippen LogP contribution in [0, 0.1) is 34.5 Å². The Kier molecular flexibility index (Phi) is 10.4. The highest BCUT2D eigenvalue weighted by atomic mass is 16.3. The molecule has 2 saturated carbocycles. The van der Waals surface area contributed by atoms with Gasteiger partial charge >= 0.3 is 0 Å². The third kappa shape index (κ3) is 6.69. The molecule has 6 nitrogen and oxygen atoms in total. The lowest BCUT2D eigenvalue weighted by Gasteiger charge is -2.40. The van der Waals surface area contributed by atoms with Gasteiger partial charge in [-0.15, -0.1) is 0 Å². The van der Waals surface area contributed by atoms with Crippen LogP contribution in [0.3, 0.4) is 0 Å². The van der Waals surface area contributed by atoms with E-state index in [2.05, 4.69) is 32.6 Å². The number of carbonyl (C=O) groups is 3. The first-order chi connectivity index (χ1) is 20.3. The normalized spacial score (nSPS) is 26.3. The summed E-state index contributed by atoms with van der Waals surface area (Å²) in [6.45, 7) is 22.2. The Hall–Kier alpha value is -3.67. The minimum Gasteiger partial charge on any atom is -0.506 e. The highest BCUT2D eigenvalue weighted by molar-refractivity contribution is 6.39. The fourth-order valence-corrected chi connectivity index (χ4v) is 6.95. The second kappa shape index (κ2) is 13.1. The zero-order valence-electron chi connectivity index (χ0n) is 27.9. The van der Waals surface area contributed by atoms with Crippen molar-refractivity contribution in [2.24, 2.45) is 34.5 Å². The topological polar surface area (TPSA) is 112 Å². The van der Waals surface area contributed by atoms with Crippen molar-refractivity contribution in [1.29, 1.82) is 0 Å². The standard InChI is InChI=1S/C38H50O6/c1-21(2)11-13-26(24(7)8)19-38-20-27(15-12-22(3)4)37(9,10)28(17-23(5)6)31(35(38)43)34(42)32(36(38)44)33(41)25-14-16-29(39)30(40)18-25/h11-12,14,16-18,26-28,31,39-41H,7,13,15,19-20H2,1-6,8-10H3/t26-,27-,28+,31-,38+/m1/s1. The number of hydrogen-bond acceptors (Lipinski definition) is 6. The molecular formula is C38H50O6. The Labute approximate surface area is 263 Å². The number of aliphatic hydroxyl groups is 1. The molecule has 3 N–H and O–H groups in total. The van der Waals surface area contributed by atoms with Crippen LogP contribution in [0.15, 0.2) is 70.9 Å². The lowest BCUT2D eigenvalue weighted by atomic mass is 9.58. The van der Waals surface area contributed by atoms with E-state index in [9.17, 15) is 29.7 Å². The number of ketones is 3. The lowest BCUT2D eigenvalue weighted by Crippen LogP contribution is -2.54. The van der Waals surface area contributed by atoms with E-state index in [0.717, 1.165) is 28.4 Å². The average molecular weight is 603 g/mol. The second-order valence-electron chi connectivity index (χ2n) is 14.3. The van der Waals surface area contributed by atoms with Crippen LogP contribution >= 0.6 is 0 Å². The SMILES string of the molecule is C=C(C)[C@H](CC=C(C)C)C[C@@]12C[C@@H](CC=C(C)C)C(C)(C)[C@@H](C=C(C)C)[C@H](C(=O)C(=C(O)c3ccc(O)c(O)c3)C1=O)C2=O. The summed E-state index contributed by atoms with van der Waals surface area (Å²) in [7, 11) is 0. The van der Waals surface area contributed by atoms with Gasteiger partial charge in [-0.05, 0) is 116 Å². The number of aliphatic hydroxyl groups excluding tert-OH is 1. The first-order valence-electron chi connectivity index (χ1n) is 15.5. The number of allylic oxidation sites excluding steroid dienone is 8. The van der Waals surface area contributed by atoms with E-state index in [1.54, 1.807) is 0 Å². The van der Waals surface area contributed by atoms with Crippen LogP contribution in [0.5, 0.6) is 11.5 Å². The number of carbonyl (C=O) groups excluding carboxylic acids is 3. The van der Waals surface area contributed by atoms with E-state index in [1.807, 2.05) is 54.5 Å². The number of aromatic hydroxyl groups is 2. The summed E-state index contributed by atoms with van der Waals surface area (Å²) in [6, 6.07) is 3.64. The molecule has 1 aromatic carbocycles. The molecule has 0 spiro atoms. The summed E-state index contributed by atoms with van der Waals surface area (Å²) in [5.41, 5.74) is 1.52. The quantitative estimate of drug-likeness (QED) is 0.0652. The van der Waals surface area contributed by atoms with Gasteiger partial charge < -0.3 is 15.3 Å². The van der Waals surface area contributed by atoms with Gasteiger partial charge in [0.25, 0.3) is 0 Å². The number of fused-ring (bicyclic) bond motifs is 2. The molecule has 3 rings (SSSR count). The van der Waals surface area contributed by atoms with Crippen LogP contribution in [0.1, 0.15) is 93.6 Å². The fourth-order valence-electron chi connectivity index (χ4n) is 6.95. The second-order valence-corrected chi connectivity index (χ2v) is 14.3. The van der Waals surface area contributed by atoms with Crippen LogP contribution < -0.4 is 0 Å². The Balaban J connectivity index is 2.45. The van der Waals surface area contributed by atoms with Crippen molar-refractivity contribution in [3.63, 3.8) is 0 Å². The van der Waals surface area contributed by atoms with Crippen molar-refractivity contribution >= 4 is 23.1 Å². The van der Waals surface area contributed by atoms with Gasteiger partial charge in [-0.25, -0.2) is 0 Å². The monoisotopic (exact) mass is 602 g/mol. The summed E-state index contributed by atoms with van der Waals surface area (Å²) in [4.78, 5) is 44.3. The molecule has 0 radical (unpaired) electrons. The van der Waals surface area contributed by atoms with Crippen LogP contribution in [0.25, 0.3) is 5.76 Å². The molecule has 238 valence electrons. The van der Waals surface area contributed by atoms with E-state index in [0.29, 0.717) is 12.8 Å². The van der Waals surface area contributed by atoms with Crippen molar-refractivity contribution in [3.8, 4) is 11.5 Å². The van der Waals surface area contributed by atoms with Gasteiger partial charge in [0, 0.05) is 5.56 Å². The third-order valence-electron chi connectivity index (χ3n) is 9.72. The molecule has 5 atom stereocenters. The molecular weight excluding hydrogens is 552 g/mol. The Morgan fingerprint density at radius 2 is 1.57 bits per heavy atom. The van der Waals surface area contributed by atoms with Gasteiger partial charge in [0.1, 0.15) is 11.3 Å². The van der Waals surface area contributed by atoms with Crippen molar-refractivity contribution in [2.45, 2.75) is 88.0 Å². The minimum atomic E-state index is -1.57. The fraction of sp³-hybridized carbons (Fsp3) is 0.500. The van der Waals surface area contributed by atoms with E-state index in [-0.39, 0.29) is 36.0 Å². The van der Waals surface area contributed by atoms with Crippen molar-refractivity contribution in [2.75, 3.05) is 0 Å². The third-order valence-corrected chi connectivity index (χ3v) is 9.72. The Bertz CT molecular complexity index is 1470. The van der Waals surface area contributed by atoms with Crippen molar-refractivity contribution in [1.82, 2.24) is 0 Å². The summed E-state index contributed by atoms with van der Waals surface area (Å²) < 4.78 is 0. The van der Waals surface area contributed by atoms with E-state index in [4.69, 9.17) is 0 Å². The molecule has 1 aromatic rings. The van der Waals surface area contributed by atoms with Crippen molar-refractivity contribution in [3.05, 3.63) is 76.4 Å². The number of phenols is 2. The average Bonchev–Trinajstić information content (AvgIpc) is 2.96. The molecule has 0 amide bonds. The van der Waals surface area contributed by atoms with Gasteiger partial charge in [-0.3, -0.25) is 14.4 Å². The number of benzene rings is 1. The first kappa shape index (κ1) is 34.8. The lowest BCUT2D eigenvalue weighted by molar-refractivity contribution is -0.150. The maximum atomic E-state index is 14.9. The predicted octanol–water partition coefficient (Wildman–Crippen LogP) is 8.61. The van der Waals surface area contributed by atoms with Crippen LogP contribution in [-0.4, -0.2) is 32.7 Å². The van der Waals surface area contributed by atoms with Gasteiger partial charge in [0.2, 0.25) is 0 Å². The molecule has 0 unspecified atom stereocenters. The molecule has 2 bridgehead atoms. The summed E-state index contributed by atoms with van der Waals surface area (Å²) in [5.74, 6) is -5.27. The molecule has 6 heteroatoms. The maximum Gasteiger partial charge on any atom is 0.183 e.